The first-order chi connectivity index (χ1) is 6.25. The maximum Gasteiger partial charge on any atom is 0.710 e. The third kappa shape index (κ3) is 1.63. The molecule has 66 valence electrons. The minimum atomic E-state index is -1.91. The van der Waals surface area contributed by atoms with Gasteiger partial charge in [-0.25, -0.2) is 0 Å². The lowest BCUT2D eigenvalue weighted by atomic mass is 10.3. The fraction of sp³-hybridized carbons (Fsp3) is 0. The van der Waals surface area contributed by atoms with Gasteiger partial charge in [0.2, 0.25) is 0 Å². The monoisotopic (exact) mass is 179 g/mol. The second-order valence-electron chi connectivity index (χ2n) is 2.39. The first-order valence-corrected chi connectivity index (χ1v) is 3.64. The van der Waals surface area contributed by atoms with Crippen LogP contribution in [0.15, 0.2) is 28.7 Å². The summed E-state index contributed by atoms with van der Waals surface area (Å²) in [6.07, 6.45) is -0.156. The summed E-state index contributed by atoms with van der Waals surface area (Å²) in [4.78, 5) is 3.84. The van der Waals surface area contributed by atoms with Crippen molar-refractivity contribution in [3.63, 3.8) is 0 Å². The second kappa shape index (κ2) is 3.08. The number of fused-ring (bicyclic) bond motifs is 1. The fourth-order valence-electron chi connectivity index (χ4n) is 0.992. The molecule has 2 aromatic rings. The molecule has 0 spiro atoms. The topological polar surface area (TPSA) is 75.7 Å². The number of rotatable bonds is 2. The average Bonchev–Trinajstić information content (AvgIpc) is 2.44. The van der Waals surface area contributed by atoms with Crippen LogP contribution < -0.4 is 4.65 Å². The number of hydrogen-bond acceptors (Lipinski definition) is 5. The van der Waals surface area contributed by atoms with E-state index in [1.165, 1.54) is 0 Å². The Hall–Kier alpha value is -1.53. The van der Waals surface area contributed by atoms with Crippen molar-refractivity contribution in [3.05, 3.63) is 24.3 Å². The smallest absolute Gasteiger partial charge is 0.469 e. The molecule has 1 aromatic carbocycles. The Morgan fingerprint density at radius 1 is 1.31 bits per heavy atom. The van der Waals surface area contributed by atoms with E-state index in [1.807, 2.05) is 0 Å². The quantitative estimate of drug-likeness (QED) is 0.642. The summed E-state index contributed by atoms with van der Waals surface area (Å²) in [7, 11) is -1.91. The Balaban J connectivity index is 2.38. The molecule has 0 radical (unpaired) electrons. The molecule has 6 heteroatoms. The molecule has 0 aliphatic heterocycles. The van der Waals surface area contributed by atoms with Crippen molar-refractivity contribution < 1.29 is 19.1 Å². The Labute approximate surface area is 73.8 Å². The third-order valence-corrected chi connectivity index (χ3v) is 1.48. The molecule has 0 saturated heterocycles. The Morgan fingerprint density at radius 3 is 2.77 bits per heavy atom. The highest BCUT2D eigenvalue weighted by Crippen LogP contribution is 2.19. The van der Waals surface area contributed by atoms with Crippen molar-refractivity contribution in [2.75, 3.05) is 0 Å². The van der Waals surface area contributed by atoms with Crippen LogP contribution in [0, 0.1) is 0 Å². The summed E-state index contributed by atoms with van der Waals surface area (Å²) >= 11 is 0. The van der Waals surface area contributed by atoms with E-state index in [0.29, 0.717) is 11.1 Å². The lowest BCUT2D eigenvalue weighted by Crippen LogP contribution is -2.20. The zero-order chi connectivity index (χ0) is 9.26. The molecular weight excluding hydrogens is 173 g/mol. The zero-order valence-electron chi connectivity index (χ0n) is 6.54. The maximum atomic E-state index is 8.46. The molecule has 0 saturated carbocycles. The van der Waals surface area contributed by atoms with Gasteiger partial charge in [0.1, 0.15) is 5.52 Å². The highest BCUT2D eigenvalue weighted by Gasteiger charge is 2.15. The van der Waals surface area contributed by atoms with Gasteiger partial charge < -0.3 is 19.1 Å². The second-order valence-corrected chi connectivity index (χ2v) is 2.39. The number of benzene rings is 1. The van der Waals surface area contributed by atoms with Crippen LogP contribution in [-0.4, -0.2) is 22.4 Å². The van der Waals surface area contributed by atoms with Crippen molar-refractivity contribution in [2.45, 2.75) is 0 Å². The van der Waals surface area contributed by atoms with Gasteiger partial charge in [0, 0.05) is 0 Å². The molecule has 1 aromatic heterocycles. The fourth-order valence-corrected chi connectivity index (χ4v) is 0.992. The van der Waals surface area contributed by atoms with E-state index in [4.69, 9.17) is 14.5 Å². The van der Waals surface area contributed by atoms with Crippen LogP contribution in [0.4, 0.5) is 0 Å². The van der Waals surface area contributed by atoms with Gasteiger partial charge in [-0.3, -0.25) is 0 Å². The van der Waals surface area contributed by atoms with Gasteiger partial charge in [-0.15, -0.1) is 0 Å². The van der Waals surface area contributed by atoms with Gasteiger partial charge in [-0.05, 0) is 12.1 Å². The van der Waals surface area contributed by atoms with Crippen LogP contribution in [0.2, 0.25) is 0 Å². The molecule has 0 bridgehead atoms. The Bertz CT molecular complexity index is 381. The van der Waals surface area contributed by atoms with E-state index >= 15 is 0 Å². The van der Waals surface area contributed by atoms with E-state index in [2.05, 4.69) is 9.64 Å². The number of para-hydroxylation sites is 2. The van der Waals surface area contributed by atoms with Crippen LogP contribution in [0.25, 0.3) is 11.1 Å². The molecule has 0 unspecified atom stereocenters. The first-order valence-electron chi connectivity index (χ1n) is 3.64. The van der Waals surface area contributed by atoms with Crippen molar-refractivity contribution >= 4 is 18.4 Å². The SMILES string of the molecule is OB(O)Oc1nc2ccccc2o1. The van der Waals surface area contributed by atoms with Crippen LogP contribution >= 0.6 is 0 Å². The molecule has 2 rings (SSSR count). The summed E-state index contributed by atoms with van der Waals surface area (Å²) in [6.45, 7) is 0. The number of aromatic nitrogens is 1. The van der Waals surface area contributed by atoms with E-state index < -0.39 is 7.32 Å². The van der Waals surface area contributed by atoms with E-state index in [0.717, 1.165) is 0 Å². The number of nitrogens with zero attached hydrogens (tertiary/aromatic N) is 1. The minimum Gasteiger partial charge on any atom is -0.469 e. The predicted molar refractivity (Wildman–Crippen MR) is 44.8 cm³/mol. The number of oxazole rings is 1. The molecular formula is C7H6BNO4. The van der Waals surface area contributed by atoms with Crippen molar-refractivity contribution in [3.8, 4) is 6.08 Å². The Morgan fingerprint density at radius 2 is 2.08 bits per heavy atom. The molecule has 0 fully saturated rings. The molecule has 0 aliphatic carbocycles. The van der Waals surface area contributed by atoms with Crippen LogP contribution in [0.5, 0.6) is 6.08 Å². The predicted octanol–water partition coefficient (Wildman–Crippen LogP) is 0.176. The van der Waals surface area contributed by atoms with Crippen molar-refractivity contribution in [1.29, 1.82) is 0 Å². The first kappa shape index (κ1) is 8.09. The summed E-state index contributed by atoms with van der Waals surface area (Å²) < 4.78 is 9.46. The maximum absolute atomic E-state index is 8.46. The molecule has 13 heavy (non-hydrogen) atoms. The molecule has 0 atom stereocenters. The summed E-state index contributed by atoms with van der Waals surface area (Å²) in [5.41, 5.74) is 1.15. The summed E-state index contributed by atoms with van der Waals surface area (Å²) in [6, 6.07) is 7.02. The summed E-state index contributed by atoms with van der Waals surface area (Å²) in [5.74, 6) is 0. The average molecular weight is 179 g/mol. The zero-order valence-corrected chi connectivity index (χ0v) is 6.54. The van der Waals surface area contributed by atoms with Gasteiger partial charge in [0.25, 0.3) is 0 Å². The van der Waals surface area contributed by atoms with Crippen molar-refractivity contribution in [2.24, 2.45) is 0 Å². The van der Waals surface area contributed by atoms with Gasteiger partial charge in [0.05, 0.1) is 0 Å². The Kier molecular flexibility index (Phi) is 1.92. The molecule has 0 aliphatic rings. The highest BCUT2D eigenvalue weighted by atomic mass is 16.7. The van der Waals surface area contributed by atoms with Crippen LogP contribution in [0.3, 0.4) is 0 Å². The lowest BCUT2D eigenvalue weighted by molar-refractivity contribution is 0.249. The largest absolute Gasteiger partial charge is 0.710 e. The normalized spacial score (nSPS) is 10.3. The van der Waals surface area contributed by atoms with Gasteiger partial charge in [-0.1, -0.05) is 12.1 Å². The molecule has 5 nitrogen and oxygen atoms in total. The van der Waals surface area contributed by atoms with Gasteiger partial charge >= 0.3 is 13.4 Å². The molecule has 0 amide bonds. The third-order valence-electron chi connectivity index (χ3n) is 1.48. The molecule has 1 heterocycles. The van der Waals surface area contributed by atoms with Crippen LogP contribution in [0.1, 0.15) is 0 Å². The van der Waals surface area contributed by atoms with Crippen molar-refractivity contribution in [1.82, 2.24) is 4.98 Å². The minimum absolute atomic E-state index is 0.156. The molecule has 2 N–H and O–H groups in total. The van der Waals surface area contributed by atoms with E-state index in [9.17, 15) is 0 Å². The lowest BCUT2D eigenvalue weighted by Gasteiger charge is -1.94. The van der Waals surface area contributed by atoms with Gasteiger partial charge in [-0.2, -0.15) is 4.98 Å². The van der Waals surface area contributed by atoms with Gasteiger partial charge in [0.15, 0.2) is 5.58 Å². The van der Waals surface area contributed by atoms with E-state index in [-0.39, 0.29) is 6.08 Å². The van der Waals surface area contributed by atoms with E-state index in [1.54, 1.807) is 24.3 Å². The summed E-state index contributed by atoms with van der Waals surface area (Å²) in [5, 5.41) is 16.9. The van der Waals surface area contributed by atoms with Crippen LogP contribution in [-0.2, 0) is 0 Å². The standard InChI is InChI=1S/C7H6BNO4/c10-8(11)13-7-9-5-3-1-2-4-6(5)12-7/h1-4,10-11H. The number of hydrogen-bond donors (Lipinski definition) is 2. The highest BCUT2D eigenvalue weighted by molar-refractivity contribution is 6.33.